The fourth-order valence-corrected chi connectivity index (χ4v) is 2.21. The van der Waals surface area contributed by atoms with Crippen molar-refractivity contribution < 1.29 is 4.55 Å². The molecule has 0 saturated heterocycles. The van der Waals surface area contributed by atoms with Crippen LogP contribution in [0.1, 0.15) is 71.6 Å². The SMILES string of the molecule is CCCCCCCCCCC=C[S+]([O-])CC. The highest BCUT2D eigenvalue weighted by molar-refractivity contribution is 7.94. The lowest BCUT2D eigenvalue weighted by atomic mass is 10.1. The number of allylic oxidation sites excluding steroid dienone is 1. The summed E-state index contributed by atoms with van der Waals surface area (Å²) in [5, 5.41) is 1.85. The quantitative estimate of drug-likeness (QED) is 0.378. The van der Waals surface area contributed by atoms with Crippen molar-refractivity contribution in [2.45, 2.75) is 71.6 Å². The van der Waals surface area contributed by atoms with Crippen LogP contribution in [0.5, 0.6) is 0 Å². The van der Waals surface area contributed by atoms with E-state index < -0.39 is 11.2 Å². The summed E-state index contributed by atoms with van der Waals surface area (Å²) in [5.74, 6) is 0.744. The van der Waals surface area contributed by atoms with Gasteiger partial charge in [-0.3, -0.25) is 0 Å². The van der Waals surface area contributed by atoms with Crippen LogP contribution in [-0.2, 0) is 11.2 Å². The number of hydrogen-bond donors (Lipinski definition) is 0. The van der Waals surface area contributed by atoms with Gasteiger partial charge in [0.15, 0.2) is 0 Å². The molecule has 16 heavy (non-hydrogen) atoms. The predicted octanol–water partition coefficient (Wildman–Crippen LogP) is 4.80. The summed E-state index contributed by atoms with van der Waals surface area (Å²) in [5.41, 5.74) is 0. The Morgan fingerprint density at radius 3 is 2.00 bits per heavy atom. The number of rotatable bonds is 11. The molecule has 0 N–H and O–H groups in total. The summed E-state index contributed by atoms with van der Waals surface area (Å²) in [4.78, 5) is 0. The molecule has 0 aromatic heterocycles. The third kappa shape index (κ3) is 12.1. The molecule has 0 aliphatic carbocycles. The smallest absolute Gasteiger partial charge is 0.112 e. The van der Waals surface area contributed by atoms with Crippen LogP contribution in [0.25, 0.3) is 0 Å². The van der Waals surface area contributed by atoms with E-state index in [-0.39, 0.29) is 0 Å². The van der Waals surface area contributed by atoms with Crippen LogP contribution in [-0.4, -0.2) is 10.3 Å². The second-order valence-electron chi connectivity index (χ2n) is 4.30. The Morgan fingerprint density at radius 1 is 0.875 bits per heavy atom. The van der Waals surface area contributed by atoms with Gasteiger partial charge in [-0.15, -0.1) is 0 Å². The standard InChI is InChI=1S/C14H28OS/c1-3-5-6-7-8-9-10-11-12-13-14-16(15)4-2/h13-14H,3-12H2,1-2H3. The zero-order valence-corrected chi connectivity index (χ0v) is 11.9. The van der Waals surface area contributed by atoms with E-state index in [2.05, 4.69) is 13.0 Å². The van der Waals surface area contributed by atoms with E-state index in [1.165, 1.54) is 51.4 Å². The molecule has 1 atom stereocenters. The molecule has 1 nitrogen and oxygen atoms in total. The van der Waals surface area contributed by atoms with E-state index >= 15 is 0 Å². The first-order valence-corrected chi connectivity index (χ1v) is 8.23. The average molecular weight is 244 g/mol. The van der Waals surface area contributed by atoms with Crippen LogP contribution in [0.15, 0.2) is 11.5 Å². The van der Waals surface area contributed by atoms with E-state index in [1.807, 2.05) is 12.3 Å². The fraction of sp³-hybridized carbons (Fsp3) is 0.857. The zero-order chi connectivity index (χ0) is 12.1. The van der Waals surface area contributed by atoms with Crippen LogP contribution >= 0.6 is 0 Å². The van der Waals surface area contributed by atoms with Crippen molar-refractivity contribution in [3.05, 3.63) is 11.5 Å². The van der Waals surface area contributed by atoms with Crippen LogP contribution in [0, 0.1) is 0 Å². The van der Waals surface area contributed by atoms with E-state index in [9.17, 15) is 4.55 Å². The summed E-state index contributed by atoms with van der Waals surface area (Å²) in [6, 6.07) is 0. The Kier molecular flexibility index (Phi) is 13.2. The Labute approximate surface area is 105 Å². The highest BCUT2D eigenvalue weighted by Gasteiger charge is 1.93. The Bertz CT molecular complexity index is 157. The second-order valence-corrected chi connectivity index (χ2v) is 5.92. The monoisotopic (exact) mass is 244 g/mol. The van der Waals surface area contributed by atoms with Gasteiger partial charge in [0.05, 0.1) is 0 Å². The highest BCUT2D eigenvalue weighted by atomic mass is 32.2. The summed E-state index contributed by atoms with van der Waals surface area (Å²) >= 11 is -0.720. The van der Waals surface area contributed by atoms with E-state index in [0.29, 0.717) is 0 Å². The molecule has 0 amide bonds. The van der Waals surface area contributed by atoms with Gasteiger partial charge in [-0.25, -0.2) is 0 Å². The first kappa shape index (κ1) is 16.1. The highest BCUT2D eigenvalue weighted by Crippen LogP contribution is 2.09. The van der Waals surface area contributed by atoms with Gasteiger partial charge in [0.1, 0.15) is 11.2 Å². The van der Waals surface area contributed by atoms with Crippen molar-refractivity contribution in [3.8, 4) is 0 Å². The molecule has 0 saturated carbocycles. The van der Waals surface area contributed by atoms with E-state index in [4.69, 9.17) is 0 Å². The normalized spacial score (nSPS) is 13.4. The molecule has 0 spiro atoms. The molecule has 2 heteroatoms. The fourth-order valence-electron chi connectivity index (χ4n) is 1.67. The van der Waals surface area contributed by atoms with Crippen molar-refractivity contribution in [2.75, 3.05) is 5.75 Å². The van der Waals surface area contributed by atoms with E-state index in [1.54, 1.807) is 0 Å². The first-order chi connectivity index (χ1) is 7.81. The maximum atomic E-state index is 11.1. The minimum atomic E-state index is -0.720. The van der Waals surface area contributed by atoms with Gasteiger partial charge < -0.3 is 4.55 Å². The van der Waals surface area contributed by atoms with Crippen molar-refractivity contribution in [1.29, 1.82) is 0 Å². The van der Waals surface area contributed by atoms with Crippen molar-refractivity contribution in [2.24, 2.45) is 0 Å². The van der Waals surface area contributed by atoms with Crippen LogP contribution in [0.2, 0.25) is 0 Å². The molecular weight excluding hydrogens is 216 g/mol. The summed E-state index contributed by atoms with van der Waals surface area (Å²) in [6.07, 6.45) is 14.1. The lowest BCUT2D eigenvalue weighted by Gasteiger charge is -2.01. The maximum Gasteiger partial charge on any atom is 0.112 e. The minimum absolute atomic E-state index is 0.720. The molecule has 0 aliphatic heterocycles. The van der Waals surface area contributed by atoms with Gasteiger partial charge in [-0.2, -0.15) is 0 Å². The predicted molar refractivity (Wildman–Crippen MR) is 75.1 cm³/mol. The molecule has 0 aromatic carbocycles. The van der Waals surface area contributed by atoms with Crippen LogP contribution in [0.3, 0.4) is 0 Å². The minimum Gasteiger partial charge on any atom is -0.612 e. The molecule has 0 aliphatic rings. The molecule has 1 unspecified atom stereocenters. The molecule has 0 bridgehead atoms. The zero-order valence-electron chi connectivity index (χ0n) is 11.0. The van der Waals surface area contributed by atoms with Gasteiger partial charge in [0, 0.05) is 0 Å². The van der Waals surface area contributed by atoms with E-state index in [0.717, 1.165) is 12.2 Å². The third-order valence-corrected chi connectivity index (χ3v) is 3.82. The van der Waals surface area contributed by atoms with Crippen molar-refractivity contribution >= 4 is 11.2 Å². The summed E-state index contributed by atoms with van der Waals surface area (Å²) < 4.78 is 11.1. The molecule has 0 radical (unpaired) electrons. The van der Waals surface area contributed by atoms with Crippen molar-refractivity contribution in [3.63, 3.8) is 0 Å². The van der Waals surface area contributed by atoms with Gasteiger partial charge in [-0.05, 0) is 37.0 Å². The topological polar surface area (TPSA) is 23.1 Å². The average Bonchev–Trinajstić information content (AvgIpc) is 2.31. The summed E-state index contributed by atoms with van der Waals surface area (Å²) in [6.45, 7) is 4.21. The van der Waals surface area contributed by atoms with Crippen LogP contribution in [0.4, 0.5) is 0 Å². The van der Waals surface area contributed by atoms with Crippen molar-refractivity contribution in [1.82, 2.24) is 0 Å². The number of unbranched alkanes of at least 4 members (excludes halogenated alkanes) is 8. The third-order valence-electron chi connectivity index (χ3n) is 2.76. The molecular formula is C14H28OS. The second kappa shape index (κ2) is 13.1. The summed E-state index contributed by atoms with van der Waals surface area (Å²) in [7, 11) is 0. The van der Waals surface area contributed by atoms with Gasteiger partial charge in [0.2, 0.25) is 0 Å². The Morgan fingerprint density at radius 2 is 1.44 bits per heavy atom. The Balaban J connectivity index is 3.06. The van der Waals surface area contributed by atoms with Gasteiger partial charge in [0.25, 0.3) is 0 Å². The van der Waals surface area contributed by atoms with Crippen LogP contribution < -0.4 is 0 Å². The lowest BCUT2D eigenvalue weighted by molar-refractivity contribution is 0.577. The maximum absolute atomic E-state index is 11.1. The van der Waals surface area contributed by atoms with Gasteiger partial charge in [-0.1, -0.05) is 51.9 Å². The molecule has 96 valence electrons. The first-order valence-electron chi connectivity index (χ1n) is 6.85. The number of hydrogen-bond acceptors (Lipinski definition) is 1. The Hall–Kier alpha value is 0.0500. The molecule has 0 rings (SSSR count). The molecule has 0 heterocycles. The lowest BCUT2D eigenvalue weighted by Crippen LogP contribution is -1.96. The molecule has 0 aromatic rings. The largest absolute Gasteiger partial charge is 0.612 e. The molecule has 0 fully saturated rings. The van der Waals surface area contributed by atoms with Gasteiger partial charge >= 0.3 is 0 Å².